The number of hydrazone groups is 1. The van der Waals surface area contributed by atoms with Crippen molar-refractivity contribution in [3.63, 3.8) is 0 Å². The molecule has 6 heteroatoms. The van der Waals surface area contributed by atoms with E-state index in [1.54, 1.807) is 5.57 Å². The van der Waals surface area contributed by atoms with Crippen LogP contribution < -0.4 is 11.2 Å². The Bertz CT molecular complexity index is 1120. The van der Waals surface area contributed by atoms with Gasteiger partial charge in [0.15, 0.2) is 5.11 Å². The molecule has 224 valence electrons. The second-order valence-corrected chi connectivity index (χ2v) is 15.7. The van der Waals surface area contributed by atoms with Gasteiger partial charge in [0.25, 0.3) is 0 Å². The molecular formula is C34H55N3O2S. The molecule has 0 spiro atoms. The number of rotatable bonds is 7. The number of esters is 1. The molecule has 4 rings (SSSR count). The fourth-order valence-electron chi connectivity index (χ4n) is 9.99. The molecule has 0 aliphatic heterocycles. The second kappa shape index (κ2) is 10.9. The van der Waals surface area contributed by atoms with Crippen molar-refractivity contribution in [2.24, 2.45) is 56.2 Å². The molecule has 0 aromatic heterocycles. The summed E-state index contributed by atoms with van der Waals surface area (Å²) >= 11 is 5.22. The Morgan fingerprint density at radius 3 is 2.42 bits per heavy atom. The van der Waals surface area contributed by atoms with Crippen LogP contribution in [-0.2, 0) is 9.53 Å². The summed E-state index contributed by atoms with van der Waals surface area (Å²) in [5.41, 5.74) is 14.7. The zero-order valence-electron chi connectivity index (χ0n) is 26.7. The lowest BCUT2D eigenvalue weighted by atomic mass is 9.43. The lowest BCUT2D eigenvalue weighted by Gasteiger charge is -2.62. The SMILES string of the molecule is C=C(CC[C@H](C)[C@@H]1CC[C@]2(C)C3=C(/C(=N/NC(N)=S)C[C@@]12C)[C@@]1(C)CC[C@H](OC(C)=O)C(C)(C)[C@@H]1CC3)C(C)C. The van der Waals surface area contributed by atoms with Gasteiger partial charge in [0.2, 0.25) is 0 Å². The van der Waals surface area contributed by atoms with Gasteiger partial charge < -0.3 is 10.5 Å². The summed E-state index contributed by atoms with van der Waals surface area (Å²) in [5, 5.41) is 5.21. The Kier molecular flexibility index (Phi) is 8.48. The lowest BCUT2D eigenvalue weighted by molar-refractivity contribution is -0.166. The van der Waals surface area contributed by atoms with Gasteiger partial charge >= 0.3 is 5.97 Å². The lowest BCUT2D eigenvalue weighted by Crippen LogP contribution is -2.57. The number of hydrogen-bond acceptors (Lipinski definition) is 4. The van der Waals surface area contributed by atoms with Gasteiger partial charge in [-0.05, 0) is 115 Å². The number of ether oxygens (including phenoxy) is 1. The maximum atomic E-state index is 12.0. The van der Waals surface area contributed by atoms with Crippen molar-refractivity contribution in [3.8, 4) is 0 Å². The van der Waals surface area contributed by atoms with Crippen LogP contribution in [-0.4, -0.2) is 22.9 Å². The predicted octanol–water partition coefficient (Wildman–Crippen LogP) is 8.10. The quantitative estimate of drug-likeness (QED) is 0.140. The van der Waals surface area contributed by atoms with Gasteiger partial charge in [-0.15, -0.1) is 0 Å². The highest BCUT2D eigenvalue weighted by atomic mass is 32.1. The fraction of sp³-hybridized carbons (Fsp3) is 0.794. The Morgan fingerprint density at radius 2 is 1.82 bits per heavy atom. The number of allylic oxidation sites excluding steroid dienone is 3. The molecule has 40 heavy (non-hydrogen) atoms. The summed E-state index contributed by atoms with van der Waals surface area (Å²) < 4.78 is 5.90. The molecule has 4 aliphatic rings. The van der Waals surface area contributed by atoms with Gasteiger partial charge in [-0.3, -0.25) is 10.2 Å². The Labute approximate surface area is 249 Å². The van der Waals surface area contributed by atoms with E-state index in [1.165, 1.54) is 37.3 Å². The van der Waals surface area contributed by atoms with Crippen LogP contribution in [0.15, 0.2) is 28.4 Å². The largest absolute Gasteiger partial charge is 0.462 e. The van der Waals surface area contributed by atoms with E-state index in [-0.39, 0.29) is 38.8 Å². The summed E-state index contributed by atoms with van der Waals surface area (Å²) in [7, 11) is 0. The first-order valence-corrected chi connectivity index (χ1v) is 16.1. The van der Waals surface area contributed by atoms with Crippen molar-refractivity contribution in [3.05, 3.63) is 23.3 Å². The van der Waals surface area contributed by atoms with Crippen molar-refractivity contribution in [2.45, 2.75) is 126 Å². The van der Waals surface area contributed by atoms with Crippen LogP contribution in [0.25, 0.3) is 0 Å². The summed E-state index contributed by atoms with van der Waals surface area (Å²) in [6.45, 7) is 25.1. The molecule has 0 bridgehead atoms. The van der Waals surface area contributed by atoms with E-state index >= 15 is 0 Å². The van der Waals surface area contributed by atoms with Crippen LogP contribution in [0.3, 0.4) is 0 Å². The summed E-state index contributed by atoms with van der Waals surface area (Å²) in [6, 6.07) is 0. The Hall–Kier alpha value is -1.69. The molecule has 5 nitrogen and oxygen atoms in total. The first-order chi connectivity index (χ1) is 18.5. The zero-order valence-corrected chi connectivity index (χ0v) is 27.5. The monoisotopic (exact) mass is 569 g/mol. The first kappa shape index (κ1) is 31.3. The van der Waals surface area contributed by atoms with Gasteiger partial charge in [0.05, 0.1) is 5.71 Å². The molecular weight excluding hydrogens is 514 g/mol. The van der Waals surface area contributed by atoms with Crippen molar-refractivity contribution in [1.29, 1.82) is 0 Å². The van der Waals surface area contributed by atoms with Crippen molar-refractivity contribution in [1.82, 2.24) is 5.43 Å². The van der Waals surface area contributed by atoms with Gasteiger partial charge in [0.1, 0.15) is 6.10 Å². The molecule has 2 fully saturated rings. The van der Waals surface area contributed by atoms with E-state index in [9.17, 15) is 4.79 Å². The van der Waals surface area contributed by atoms with E-state index in [1.807, 2.05) is 0 Å². The molecule has 0 unspecified atom stereocenters. The topological polar surface area (TPSA) is 76.7 Å². The zero-order chi connectivity index (χ0) is 29.8. The number of nitrogens with one attached hydrogen (secondary N) is 1. The predicted molar refractivity (Wildman–Crippen MR) is 170 cm³/mol. The minimum absolute atomic E-state index is 0.0342. The fourth-order valence-corrected chi connectivity index (χ4v) is 10.0. The Morgan fingerprint density at radius 1 is 1.15 bits per heavy atom. The number of thiocarbonyl (C=S) groups is 1. The molecule has 2 saturated carbocycles. The van der Waals surface area contributed by atoms with Crippen molar-refractivity contribution in [2.75, 3.05) is 0 Å². The van der Waals surface area contributed by atoms with E-state index in [4.69, 9.17) is 27.8 Å². The molecule has 0 radical (unpaired) electrons. The highest BCUT2D eigenvalue weighted by Gasteiger charge is 2.65. The Balaban J connectivity index is 1.77. The number of nitrogens with two attached hydrogens (primary N) is 1. The minimum atomic E-state index is -0.177. The van der Waals surface area contributed by atoms with E-state index in [0.717, 1.165) is 44.2 Å². The number of fused-ring (bicyclic) bond motifs is 4. The third-order valence-electron chi connectivity index (χ3n) is 12.5. The van der Waals surface area contributed by atoms with Crippen molar-refractivity contribution < 1.29 is 9.53 Å². The molecule has 0 amide bonds. The van der Waals surface area contributed by atoms with Crippen LogP contribution in [0.5, 0.6) is 0 Å². The van der Waals surface area contributed by atoms with Crippen molar-refractivity contribution >= 4 is 29.0 Å². The standard InChI is InChI=1S/C34H55N3O2S/c1-20(2)21(3)11-12-22(4)24-15-18-33(9)25-13-14-27-31(6,7)28(39-23(5)38)16-17-32(27,8)29(25)26(19-34(24,33)10)36-37-30(35)40/h20,22,24,27-28H,3,11-19H2,1-2,4-10H3,(H3,35,37,40)/b36-26+/t22-,24-,27-,28-,32-,33+,34-/m0/s1. The van der Waals surface area contributed by atoms with Gasteiger partial charge in [0, 0.05) is 12.3 Å². The summed E-state index contributed by atoms with van der Waals surface area (Å²) in [5.74, 6) is 2.02. The number of carbonyl (C=O) groups is 1. The third-order valence-corrected chi connectivity index (χ3v) is 12.6. The third kappa shape index (κ3) is 4.98. The number of carbonyl (C=O) groups excluding carboxylic acids is 1. The van der Waals surface area contributed by atoms with Crippen LogP contribution in [0.2, 0.25) is 0 Å². The molecule has 4 aliphatic carbocycles. The average Bonchev–Trinajstić information content (AvgIpc) is 3.13. The van der Waals surface area contributed by atoms with Crippen LogP contribution >= 0.6 is 12.2 Å². The van der Waals surface area contributed by atoms with Crippen LogP contribution in [0.1, 0.15) is 120 Å². The summed E-state index contributed by atoms with van der Waals surface area (Å²) in [4.78, 5) is 12.0. The molecule has 0 saturated heterocycles. The molecule has 7 atom stereocenters. The maximum Gasteiger partial charge on any atom is 0.302 e. The highest BCUT2D eigenvalue weighted by molar-refractivity contribution is 7.80. The number of nitrogens with zero attached hydrogens (tertiary/aromatic N) is 1. The van der Waals surface area contributed by atoms with Gasteiger partial charge in [-0.25, -0.2) is 0 Å². The van der Waals surface area contributed by atoms with E-state index in [0.29, 0.717) is 23.7 Å². The smallest absolute Gasteiger partial charge is 0.302 e. The normalized spacial score (nSPS) is 38.4. The van der Waals surface area contributed by atoms with Gasteiger partial charge in [-0.2, -0.15) is 5.10 Å². The average molecular weight is 570 g/mol. The van der Waals surface area contributed by atoms with Crippen LogP contribution in [0.4, 0.5) is 0 Å². The molecule has 0 aromatic rings. The molecule has 0 aromatic carbocycles. The highest BCUT2D eigenvalue weighted by Crippen LogP contribution is 2.72. The number of hydrogen-bond donors (Lipinski definition) is 2. The van der Waals surface area contributed by atoms with Gasteiger partial charge in [-0.1, -0.05) is 73.1 Å². The van der Waals surface area contributed by atoms with E-state index < -0.39 is 0 Å². The second-order valence-electron chi connectivity index (χ2n) is 15.3. The van der Waals surface area contributed by atoms with Crippen LogP contribution in [0, 0.1) is 45.3 Å². The molecule has 0 heterocycles. The summed E-state index contributed by atoms with van der Waals surface area (Å²) in [6.07, 6.45) is 9.75. The minimum Gasteiger partial charge on any atom is -0.462 e. The maximum absolute atomic E-state index is 12.0. The van der Waals surface area contributed by atoms with E-state index in [2.05, 4.69) is 67.4 Å². The molecule has 3 N–H and O–H groups in total. The first-order valence-electron chi connectivity index (χ1n) is 15.7.